The highest BCUT2D eigenvalue weighted by atomic mass is 35.5. The minimum atomic E-state index is -0.186. The smallest absolute Gasteiger partial charge is 0.255 e. The van der Waals surface area contributed by atoms with Crippen molar-refractivity contribution in [3.05, 3.63) is 58.6 Å². The van der Waals surface area contributed by atoms with Crippen LogP contribution in [0.1, 0.15) is 29.8 Å². The Morgan fingerprint density at radius 3 is 2.62 bits per heavy atom. The van der Waals surface area contributed by atoms with E-state index in [1.165, 1.54) is 0 Å². The van der Waals surface area contributed by atoms with Crippen molar-refractivity contribution in [2.75, 3.05) is 5.32 Å². The predicted molar refractivity (Wildman–Crippen MR) is 86.3 cm³/mol. The van der Waals surface area contributed by atoms with Gasteiger partial charge in [0.15, 0.2) is 0 Å². The zero-order chi connectivity index (χ0) is 15.4. The maximum atomic E-state index is 12.3. The summed E-state index contributed by atoms with van der Waals surface area (Å²) in [6, 6.07) is 12.6. The van der Waals surface area contributed by atoms with Crippen LogP contribution < -0.4 is 10.1 Å². The van der Waals surface area contributed by atoms with Crippen molar-refractivity contribution >= 4 is 23.2 Å². The first-order valence-electron chi connectivity index (χ1n) is 6.80. The molecule has 0 heterocycles. The molecule has 0 saturated heterocycles. The largest absolute Gasteiger partial charge is 0.491 e. The zero-order valence-electron chi connectivity index (χ0n) is 12.3. The lowest BCUT2D eigenvalue weighted by Crippen LogP contribution is -2.13. The molecule has 0 radical (unpaired) electrons. The van der Waals surface area contributed by atoms with E-state index in [1.54, 1.807) is 24.3 Å². The third-order valence-electron chi connectivity index (χ3n) is 2.98. The molecule has 0 fully saturated rings. The lowest BCUT2D eigenvalue weighted by atomic mass is 10.1. The number of carbonyl (C=O) groups is 1. The van der Waals surface area contributed by atoms with E-state index < -0.39 is 0 Å². The van der Waals surface area contributed by atoms with Crippen LogP contribution in [0.3, 0.4) is 0 Å². The minimum Gasteiger partial charge on any atom is -0.491 e. The van der Waals surface area contributed by atoms with E-state index in [0.29, 0.717) is 22.0 Å². The van der Waals surface area contributed by atoms with Gasteiger partial charge in [-0.05, 0) is 56.7 Å². The first-order chi connectivity index (χ1) is 9.97. The molecule has 110 valence electrons. The highest BCUT2D eigenvalue weighted by Crippen LogP contribution is 2.24. The maximum Gasteiger partial charge on any atom is 0.255 e. The molecule has 2 aromatic rings. The van der Waals surface area contributed by atoms with Crippen LogP contribution in [0.5, 0.6) is 5.75 Å². The molecular weight excluding hydrogens is 286 g/mol. The summed E-state index contributed by atoms with van der Waals surface area (Å²) >= 11 is 6.05. The monoisotopic (exact) mass is 303 g/mol. The average Bonchev–Trinajstić information content (AvgIpc) is 2.43. The fraction of sp³-hybridized carbons (Fsp3) is 0.235. The molecule has 2 aromatic carbocycles. The van der Waals surface area contributed by atoms with Crippen molar-refractivity contribution in [1.29, 1.82) is 0 Å². The van der Waals surface area contributed by atoms with Gasteiger partial charge in [0, 0.05) is 16.3 Å². The van der Waals surface area contributed by atoms with Crippen molar-refractivity contribution in [3.63, 3.8) is 0 Å². The van der Waals surface area contributed by atoms with E-state index in [4.69, 9.17) is 16.3 Å². The lowest BCUT2D eigenvalue weighted by Gasteiger charge is -2.12. The zero-order valence-corrected chi connectivity index (χ0v) is 13.1. The first-order valence-corrected chi connectivity index (χ1v) is 7.18. The topological polar surface area (TPSA) is 38.3 Å². The lowest BCUT2D eigenvalue weighted by molar-refractivity contribution is 0.102. The first kappa shape index (κ1) is 15.4. The van der Waals surface area contributed by atoms with Gasteiger partial charge in [0.25, 0.3) is 5.91 Å². The molecule has 0 saturated carbocycles. The number of rotatable bonds is 4. The summed E-state index contributed by atoms with van der Waals surface area (Å²) in [5.41, 5.74) is 2.11. The van der Waals surface area contributed by atoms with Crippen LogP contribution >= 0.6 is 11.6 Å². The second-order valence-electron chi connectivity index (χ2n) is 5.06. The minimum absolute atomic E-state index is 0.0680. The van der Waals surface area contributed by atoms with Gasteiger partial charge in [-0.2, -0.15) is 0 Å². The summed E-state index contributed by atoms with van der Waals surface area (Å²) in [4.78, 5) is 12.3. The van der Waals surface area contributed by atoms with E-state index in [9.17, 15) is 4.79 Å². The molecular formula is C17H18ClNO2. The summed E-state index contributed by atoms with van der Waals surface area (Å²) in [5.74, 6) is 0.495. The van der Waals surface area contributed by atoms with Crippen LogP contribution in [0, 0.1) is 6.92 Å². The third-order valence-corrected chi connectivity index (χ3v) is 3.39. The van der Waals surface area contributed by atoms with Crippen molar-refractivity contribution in [2.24, 2.45) is 0 Å². The molecule has 2 rings (SSSR count). The Labute approximate surface area is 129 Å². The molecule has 0 aliphatic heterocycles. The highest BCUT2D eigenvalue weighted by Gasteiger charge is 2.10. The Balaban J connectivity index is 2.18. The van der Waals surface area contributed by atoms with Gasteiger partial charge in [0.1, 0.15) is 5.75 Å². The number of hydrogen-bond acceptors (Lipinski definition) is 2. The summed E-state index contributed by atoms with van der Waals surface area (Å²) in [6.07, 6.45) is 0.0680. The van der Waals surface area contributed by atoms with Gasteiger partial charge in [-0.15, -0.1) is 0 Å². The Bertz CT molecular complexity index is 653. The third kappa shape index (κ3) is 3.99. The van der Waals surface area contributed by atoms with Crippen LogP contribution in [0.15, 0.2) is 42.5 Å². The number of anilines is 1. The van der Waals surface area contributed by atoms with E-state index >= 15 is 0 Å². The van der Waals surface area contributed by atoms with Gasteiger partial charge in [0.2, 0.25) is 0 Å². The maximum absolute atomic E-state index is 12.3. The Hall–Kier alpha value is -2.00. The van der Waals surface area contributed by atoms with E-state index in [-0.39, 0.29) is 12.0 Å². The van der Waals surface area contributed by atoms with Crippen LogP contribution in [0.4, 0.5) is 5.69 Å². The number of amides is 1. The molecule has 0 bridgehead atoms. The Morgan fingerprint density at radius 1 is 1.19 bits per heavy atom. The standard InChI is InChI=1S/C17H18ClNO2/c1-11(2)21-14-7-4-6-13(10-14)17(20)19-16-9-5-8-15(18)12(16)3/h4-11H,1-3H3,(H,19,20). The molecule has 21 heavy (non-hydrogen) atoms. The molecule has 0 spiro atoms. The molecule has 3 nitrogen and oxygen atoms in total. The summed E-state index contributed by atoms with van der Waals surface area (Å²) in [7, 11) is 0. The number of nitrogens with one attached hydrogen (secondary N) is 1. The Kier molecular flexibility index (Phi) is 4.86. The van der Waals surface area contributed by atoms with Crippen LogP contribution in [0.2, 0.25) is 5.02 Å². The summed E-state index contributed by atoms with van der Waals surface area (Å²) < 4.78 is 5.60. The molecule has 0 unspecified atom stereocenters. The molecule has 0 aliphatic carbocycles. The van der Waals surface area contributed by atoms with Gasteiger partial charge in [-0.25, -0.2) is 0 Å². The number of hydrogen-bond donors (Lipinski definition) is 1. The van der Waals surface area contributed by atoms with Gasteiger partial charge < -0.3 is 10.1 Å². The number of halogens is 1. The van der Waals surface area contributed by atoms with Gasteiger partial charge in [0.05, 0.1) is 6.10 Å². The number of carbonyl (C=O) groups excluding carboxylic acids is 1. The Morgan fingerprint density at radius 2 is 1.90 bits per heavy atom. The molecule has 4 heteroatoms. The normalized spacial score (nSPS) is 10.5. The van der Waals surface area contributed by atoms with Crippen molar-refractivity contribution in [2.45, 2.75) is 26.9 Å². The van der Waals surface area contributed by atoms with E-state index in [2.05, 4.69) is 5.32 Å². The van der Waals surface area contributed by atoms with Gasteiger partial charge >= 0.3 is 0 Å². The van der Waals surface area contributed by atoms with Crippen LogP contribution in [-0.2, 0) is 0 Å². The fourth-order valence-electron chi connectivity index (χ4n) is 1.92. The van der Waals surface area contributed by atoms with Crippen molar-refractivity contribution in [3.8, 4) is 5.75 Å². The van der Waals surface area contributed by atoms with Gasteiger partial charge in [-0.1, -0.05) is 23.7 Å². The number of ether oxygens (including phenoxy) is 1. The second kappa shape index (κ2) is 6.64. The van der Waals surface area contributed by atoms with Crippen LogP contribution in [-0.4, -0.2) is 12.0 Å². The van der Waals surface area contributed by atoms with Gasteiger partial charge in [-0.3, -0.25) is 4.79 Å². The molecule has 0 aromatic heterocycles. The highest BCUT2D eigenvalue weighted by molar-refractivity contribution is 6.31. The fourth-order valence-corrected chi connectivity index (χ4v) is 2.09. The van der Waals surface area contributed by atoms with Crippen LogP contribution in [0.25, 0.3) is 0 Å². The number of benzene rings is 2. The molecule has 0 atom stereocenters. The predicted octanol–water partition coefficient (Wildman–Crippen LogP) is 4.69. The SMILES string of the molecule is Cc1c(Cl)cccc1NC(=O)c1cccc(OC(C)C)c1. The summed E-state index contributed by atoms with van der Waals surface area (Å²) in [5, 5.41) is 3.50. The molecule has 1 N–H and O–H groups in total. The summed E-state index contributed by atoms with van der Waals surface area (Å²) in [6.45, 7) is 5.76. The average molecular weight is 304 g/mol. The van der Waals surface area contributed by atoms with E-state index in [0.717, 1.165) is 5.56 Å². The van der Waals surface area contributed by atoms with Crippen molar-refractivity contribution < 1.29 is 9.53 Å². The quantitative estimate of drug-likeness (QED) is 0.890. The molecule has 0 aliphatic rings. The second-order valence-corrected chi connectivity index (χ2v) is 5.47. The molecule has 1 amide bonds. The van der Waals surface area contributed by atoms with Crippen molar-refractivity contribution in [1.82, 2.24) is 0 Å². The van der Waals surface area contributed by atoms with E-state index in [1.807, 2.05) is 39.0 Å².